The van der Waals surface area contributed by atoms with Gasteiger partial charge in [0, 0.05) is 26.1 Å². The molecule has 2 amide bonds. The van der Waals surface area contributed by atoms with Gasteiger partial charge in [-0.1, -0.05) is 54.6 Å². The smallest absolute Gasteiger partial charge is 0.225 e. The van der Waals surface area contributed by atoms with Gasteiger partial charge in [-0.05, 0) is 23.7 Å². The summed E-state index contributed by atoms with van der Waals surface area (Å²) in [6.07, 6.45) is 0.222. The molecule has 1 saturated heterocycles. The Morgan fingerprint density at radius 3 is 2.34 bits per heavy atom. The molecule has 0 aliphatic carbocycles. The molecule has 7 nitrogen and oxygen atoms in total. The van der Waals surface area contributed by atoms with Crippen LogP contribution in [-0.2, 0) is 38.5 Å². The molecule has 0 bridgehead atoms. The lowest BCUT2D eigenvalue weighted by Gasteiger charge is -2.16. The number of nitrogens with zero attached hydrogens (tertiary/aromatic N) is 1. The van der Waals surface area contributed by atoms with Gasteiger partial charge in [0.25, 0.3) is 0 Å². The van der Waals surface area contributed by atoms with E-state index in [4.69, 9.17) is 0 Å². The summed E-state index contributed by atoms with van der Waals surface area (Å²) >= 11 is 0. The van der Waals surface area contributed by atoms with E-state index < -0.39 is 10.0 Å². The average molecular weight is 416 g/mol. The Hall–Kier alpha value is -2.71. The second kappa shape index (κ2) is 9.19. The molecule has 8 heteroatoms. The van der Waals surface area contributed by atoms with E-state index in [0.29, 0.717) is 25.2 Å². The third-order valence-electron chi connectivity index (χ3n) is 4.96. The van der Waals surface area contributed by atoms with Crippen molar-refractivity contribution in [1.82, 2.24) is 14.9 Å². The second-order valence-electron chi connectivity index (χ2n) is 7.16. The van der Waals surface area contributed by atoms with Crippen molar-refractivity contribution >= 4 is 21.8 Å². The molecule has 0 radical (unpaired) electrons. The molecular weight excluding hydrogens is 390 g/mol. The van der Waals surface area contributed by atoms with Crippen LogP contribution in [0.25, 0.3) is 0 Å². The molecule has 1 aliphatic rings. The van der Waals surface area contributed by atoms with Gasteiger partial charge in [-0.15, -0.1) is 0 Å². The quantitative estimate of drug-likeness (QED) is 0.681. The van der Waals surface area contributed by atoms with Crippen LogP contribution in [0.3, 0.4) is 0 Å². The zero-order chi connectivity index (χ0) is 20.9. The summed E-state index contributed by atoms with van der Waals surface area (Å²) in [7, 11) is -1.93. The van der Waals surface area contributed by atoms with E-state index in [-0.39, 0.29) is 29.9 Å². The van der Waals surface area contributed by atoms with Crippen molar-refractivity contribution in [2.75, 3.05) is 13.6 Å². The monoisotopic (exact) mass is 415 g/mol. The van der Waals surface area contributed by atoms with Crippen LogP contribution < -0.4 is 10.0 Å². The van der Waals surface area contributed by atoms with Crippen molar-refractivity contribution in [2.24, 2.45) is 5.92 Å². The minimum Gasteiger partial charge on any atom is -0.352 e. The van der Waals surface area contributed by atoms with Gasteiger partial charge in [0.05, 0.1) is 11.7 Å². The highest BCUT2D eigenvalue weighted by Crippen LogP contribution is 2.20. The van der Waals surface area contributed by atoms with E-state index in [0.717, 1.165) is 11.1 Å². The Morgan fingerprint density at radius 1 is 1.03 bits per heavy atom. The van der Waals surface area contributed by atoms with E-state index in [1.165, 1.54) is 7.05 Å². The molecule has 29 heavy (non-hydrogen) atoms. The first-order chi connectivity index (χ1) is 13.9. The van der Waals surface area contributed by atoms with Crippen molar-refractivity contribution in [3.63, 3.8) is 0 Å². The molecule has 0 saturated carbocycles. The third-order valence-corrected chi connectivity index (χ3v) is 6.29. The highest BCUT2D eigenvalue weighted by atomic mass is 32.2. The summed E-state index contributed by atoms with van der Waals surface area (Å²) in [5, 5.41) is 2.88. The highest BCUT2D eigenvalue weighted by Gasteiger charge is 2.34. The molecule has 1 fully saturated rings. The first kappa shape index (κ1) is 21.0. The van der Waals surface area contributed by atoms with Crippen LogP contribution in [0.4, 0.5) is 0 Å². The lowest BCUT2D eigenvalue weighted by atomic mass is 10.1. The number of carbonyl (C=O) groups is 2. The summed E-state index contributed by atoms with van der Waals surface area (Å²) in [5.74, 6) is -0.594. The van der Waals surface area contributed by atoms with Crippen molar-refractivity contribution in [2.45, 2.75) is 25.3 Å². The second-order valence-corrected chi connectivity index (χ2v) is 9.08. The maximum Gasteiger partial charge on any atom is 0.225 e. The van der Waals surface area contributed by atoms with E-state index in [1.807, 2.05) is 30.3 Å². The van der Waals surface area contributed by atoms with Gasteiger partial charge in [-0.25, -0.2) is 13.1 Å². The van der Waals surface area contributed by atoms with Crippen molar-refractivity contribution < 1.29 is 18.0 Å². The molecular formula is C21H25N3O4S. The predicted molar refractivity (Wildman–Crippen MR) is 110 cm³/mol. The average Bonchev–Trinajstić information content (AvgIpc) is 3.08. The third kappa shape index (κ3) is 5.88. The number of hydrogen-bond donors (Lipinski definition) is 2. The normalized spacial score (nSPS) is 16.8. The van der Waals surface area contributed by atoms with Crippen LogP contribution >= 0.6 is 0 Å². The number of nitrogens with one attached hydrogen (secondary N) is 2. The van der Waals surface area contributed by atoms with E-state index in [9.17, 15) is 18.0 Å². The Kier molecular flexibility index (Phi) is 6.66. The molecule has 3 rings (SSSR count). The molecule has 0 unspecified atom stereocenters. The summed E-state index contributed by atoms with van der Waals surface area (Å²) in [4.78, 5) is 26.4. The molecule has 0 aromatic heterocycles. The van der Waals surface area contributed by atoms with Gasteiger partial charge in [-0.3, -0.25) is 9.59 Å². The fourth-order valence-electron chi connectivity index (χ4n) is 3.28. The number of rotatable bonds is 8. The number of likely N-dealkylation sites (tertiary alicyclic amines) is 1. The largest absolute Gasteiger partial charge is 0.352 e. The minimum absolute atomic E-state index is 0.0101. The molecule has 2 N–H and O–H groups in total. The molecule has 0 spiro atoms. The van der Waals surface area contributed by atoms with E-state index in [1.54, 1.807) is 29.2 Å². The summed E-state index contributed by atoms with van der Waals surface area (Å²) < 4.78 is 25.5. The van der Waals surface area contributed by atoms with Gasteiger partial charge >= 0.3 is 0 Å². The Bertz CT molecular complexity index is 959. The maximum atomic E-state index is 12.5. The number of benzene rings is 2. The molecule has 1 heterocycles. The number of carbonyl (C=O) groups excluding carboxylic acids is 2. The van der Waals surface area contributed by atoms with E-state index >= 15 is 0 Å². The lowest BCUT2D eigenvalue weighted by molar-refractivity contribution is -0.129. The fourth-order valence-corrected chi connectivity index (χ4v) is 4.06. The van der Waals surface area contributed by atoms with Crippen LogP contribution in [0.5, 0.6) is 0 Å². The van der Waals surface area contributed by atoms with Gasteiger partial charge in [-0.2, -0.15) is 0 Å². The number of amides is 2. The highest BCUT2D eigenvalue weighted by molar-refractivity contribution is 7.88. The van der Waals surface area contributed by atoms with Crippen molar-refractivity contribution in [3.8, 4) is 0 Å². The van der Waals surface area contributed by atoms with Gasteiger partial charge in [0.1, 0.15) is 0 Å². The Morgan fingerprint density at radius 2 is 1.69 bits per heavy atom. The van der Waals surface area contributed by atoms with E-state index in [2.05, 4.69) is 10.0 Å². The molecule has 2 aromatic carbocycles. The topological polar surface area (TPSA) is 95.6 Å². The fraction of sp³-hybridized carbons (Fsp3) is 0.333. The predicted octanol–water partition coefficient (Wildman–Crippen LogP) is 1.40. The van der Waals surface area contributed by atoms with Gasteiger partial charge < -0.3 is 10.2 Å². The van der Waals surface area contributed by atoms with Crippen LogP contribution in [-0.4, -0.2) is 38.7 Å². The first-order valence-electron chi connectivity index (χ1n) is 9.45. The molecule has 2 aromatic rings. The van der Waals surface area contributed by atoms with Gasteiger partial charge in [0.15, 0.2) is 0 Å². The summed E-state index contributed by atoms with van der Waals surface area (Å²) in [6.45, 7) is 1.27. The standard InChI is InChI=1S/C21H25N3O4S/c1-22-29(27,28)15-18-9-7-16(8-10-18)12-23-21(26)19-11-20(25)24(14-19)13-17-5-3-2-4-6-17/h2-10,19,22H,11-15H2,1H3,(H,23,26)/t19-/m1/s1. The number of sulfonamides is 1. The summed E-state index contributed by atoms with van der Waals surface area (Å²) in [5.41, 5.74) is 2.59. The molecule has 1 atom stereocenters. The van der Waals surface area contributed by atoms with Crippen LogP contribution in [0.2, 0.25) is 0 Å². The zero-order valence-electron chi connectivity index (χ0n) is 16.3. The van der Waals surface area contributed by atoms with Crippen molar-refractivity contribution in [3.05, 3.63) is 71.3 Å². The molecule has 154 valence electrons. The first-order valence-corrected chi connectivity index (χ1v) is 11.1. The van der Waals surface area contributed by atoms with Crippen LogP contribution in [0, 0.1) is 5.92 Å². The maximum absolute atomic E-state index is 12.5. The van der Waals surface area contributed by atoms with Crippen LogP contribution in [0.15, 0.2) is 54.6 Å². The van der Waals surface area contributed by atoms with Crippen molar-refractivity contribution in [1.29, 1.82) is 0 Å². The lowest BCUT2D eigenvalue weighted by Crippen LogP contribution is -2.32. The molecule has 1 aliphatic heterocycles. The van der Waals surface area contributed by atoms with Crippen LogP contribution in [0.1, 0.15) is 23.1 Å². The Balaban J connectivity index is 1.50. The minimum atomic E-state index is -3.31. The number of hydrogen-bond acceptors (Lipinski definition) is 4. The Labute approximate surface area is 171 Å². The van der Waals surface area contributed by atoms with Gasteiger partial charge in [0.2, 0.25) is 21.8 Å². The SMILES string of the molecule is CNS(=O)(=O)Cc1ccc(CNC(=O)[C@@H]2CC(=O)N(Cc3ccccc3)C2)cc1. The zero-order valence-corrected chi connectivity index (χ0v) is 17.1. The summed E-state index contributed by atoms with van der Waals surface area (Å²) in [6, 6.07) is 16.8.